The number of benzene rings is 1. The minimum absolute atomic E-state index is 0.0779. The average molecular weight is 286 g/mol. The van der Waals surface area contributed by atoms with Gasteiger partial charge >= 0.3 is 6.18 Å². The van der Waals surface area contributed by atoms with Gasteiger partial charge in [-0.25, -0.2) is 0 Å². The van der Waals surface area contributed by atoms with Crippen LogP contribution < -0.4 is 4.74 Å². The molecule has 0 amide bonds. The molecular weight excluding hydrogens is 269 g/mol. The van der Waals surface area contributed by atoms with Gasteiger partial charge in [-0.2, -0.15) is 13.2 Å². The van der Waals surface area contributed by atoms with Crippen molar-refractivity contribution in [1.29, 1.82) is 0 Å². The zero-order valence-corrected chi connectivity index (χ0v) is 11.2. The Labute approximate surface area is 115 Å². The molecular formula is C15H17F3O2. The van der Waals surface area contributed by atoms with E-state index in [4.69, 9.17) is 4.74 Å². The fourth-order valence-electron chi connectivity index (χ4n) is 2.51. The van der Waals surface area contributed by atoms with Gasteiger partial charge in [-0.05, 0) is 48.4 Å². The summed E-state index contributed by atoms with van der Waals surface area (Å²) >= 11 is 0. The molecule has 0 heterocycles. The lowest BCUT2D eigenvalue weighted by molar-refractivity contribution is -0.105. The highest BCUT2D eigenvalue weighted by molar-refractivity contribution is 5.44. The first-order valence-corrected chi connectivity index (χ1v) is 6.43. The van der Waals surface area contributed by atoms with Gasteiger partial charge in [-0.15, -0.1) is 0 Å². The summed E-state index contributed by atoms with van der Waals surface area (Å²) in [6.45, 7) is 2.92. The average Bonchev–Trinajstić information content (AvgIpc) is 2.37. The molecule has 1 aliphatic rings. The standard InChI is InChI=1S/C15H17F3O2/c1-9(15(16,17)18)14(19)6-3-10-7-11-8-12(20-2)4-5-13(10)11/h4-5,8,10,14,19H,1,3,6-7H2,2H3. The highest BCUT2D eigenvalue weighted by Gasteiger charge is 2.37. The van der Waals surface area contributed by atoms with Crippen molar-refractivity contribution < 1.29 is 23.0 Å². The fourth-order valence-corrected chi connectivity index (χ4v) is 2.51. The van der Waals surface area contributed by atoms with Crippen molar-refractivity contribution in [2.24, 2.45) is 0 Å². The van der Waals surface area contributed by atoms with Crippen LogP contribution in [-0.4, -0.2) is 24.5 Å². The minimum Gasteiger partial charge on any atom is -0.497 e. The largest absolute Gasteiger partial charge is 0.497 e. The fraction of sp³-hybridized carbons (Fsp3) is 0.467. The highest BCUT2D eigenvalue weighted by atomic mass is 19.4. The molecule has 1 aliphatic carbocycles. The zero-order chi connectivity index (χ0) is 14.9. The van der Waals surface area contributed by atoms with Gasteiger partial charge in [0.05, 0.1) is 18.8 Å². The Morgan fingerprint density at radius 3 is 2.75 bits per heavy atom. The van der Waals surface area contributed by atoms with E-state index < -0.39 is 17.9 Å². The number of rotatable bonds is 5. The van der Waals surface area contributed by atoms with Gasteiger partial charge in [0.2, 0.25) is 0 Å². The molecule has 2 rings (SSSR count). The van der Waals surface area contributed by atoms with Crippen molar-refractivity contribution in [2.75, 3.05) is 7.11 Å². The third-order valence-corrected chi connectivity index (χ3v) is 3.81. The first-order chi connectivity index (χ1) is 9.32. The molecule has 0 radical (unpaired) electrons. The Morgan fingerprint density at radius 2 is 2.20 bits per heavy atom. The van der Waals surface area contributed by atoms with E-state index in [2.05, 4.69) is 6.58 Å². The van der Waals surface area contributed by atoms with Crippen molar-refractivity contribution in [2.45, 2.75) is 37.5 Å². The van der Waals surface area contributed by atoms with E-state index >= 15 is 0 Å². The number of ether oxygens (including phenoxy) is 1. The molecule has 0 aromatic heterocycles. The predicted molar refractivity (Wildman–Crippen MR) is 69.9 cm³/mol. The first-order valence-electron chi connectivity index (χ1n) is 6.43. The third-order valence-electron chi connectivity index (χ3n) is 3.81. The van der Waals surface area contributed by atoms with Crippen LogP contribution in [-0.2, 0) is 6.42 Å². The number of methoxy groups -OCH3 is 1. The van der Waals surface area contributed by atoms with Gasteiger partial charge in [-0.3, -0.25) is 0 Å². The van der Waals surface area contributed by atoms with E-state index in [1.807, 2.05) is 18.2 Å². The van der Waals surface area contributed by atoms with Crippen LogP contribution in [0.15, 0.2) is 30.4 Å². The van der Waals surface area contributed by atoms with E-state index in [0.717, 1.165) is 17.7 Å². The molecule has 0 spiro atoms. The van der Waals surface area contributed by atoms with E-state index in [0.29, 0.717) is 6.42 Å². The normalized spacial score (nSPS) is 18.9. The van der Waals surface area contributed by atoms with Gasteiger partial charge in [0.1, 0.15) is 5.75 Å². The van der Waals surface area contributed by atoms with Gasteiger partial charge in [0.15, 0.2) is 0 Å². The van der Waals surface area contributed by atoms with Crippen LogP contribution >= 0.6 is 0 Å². The summed E-state index contributed by atoms with van der Waals surface area (Å²) in [6, 6.07) is 5.72. The zero-order valence-electron chi connectivity index (χ0n) is 11.2. The number of alkyl halides is 3. The second kappa shape index (κ2) is 5.48. The van der Waals surface area contributed by atoms with Gasteiger partial charge in [0, 0.05) is 0 Å². The van der Waals surface area contributed by atoms with Crippen molar-refractivity contribution in [3.63, 3.8) is 0 Å². The summed E-state index contributed by atoms with van der Waals surface area (Å²) < 4.78 is 42.2. The van der Waals surface area contributed by atoms with Crippen molar-refractivity contribution in [3.05, 3.63) is 41.5 Å². The molecule has 0 saturated heterocycles. The Bertz CT molecular complexity index is 508. The first kappa shape index (κ1) is 14.9. The molecule has 0 fully saturated rings. The number of aliphatic hydroxyl groups excluding tert-OH is 1. The molecule has 2 atom stereocenters. The molecule has 110 valence electrons. The monoisotopic (exact) mass is 286 g/mol. The van der Waals surface area contributed by atoms with Crippen molar-refractivity contribution in [3.8, 4) is 5.75 Å². The molecule has 5 heteroatoms. The van der Waals surface area contributed by atoms with Crippen LogP contribution in [0.1, 0.15) is 29.9 Å². The quantitative estimate of drug-likeness (QED) is 0.838. The topological polar surface area (TPSA) is 29.5 Å². The summed E-state index contributed by atoms with van der Waals surface area (Å²) in [5.41, 5.74) is 1.24. The molecule has 2 unspecified atom stereocenters. The number of hydrogen-bond donors (Lipinski definition) is 1. The summed E-state index contributed by atoms with van der Waals surface area (Å²) in [7, 11) is 1.59. The van der Waals surface area contributed by atoms with E-state index in [1.54, 1.807) is 7.11 Å². The van der Waals surface area contributed by atoms with Crippen LogP contribution in [0.25, 0.3) is 0 Å². The van der Waals surface area contributed by atoms with Gasteiger partial charge < -0.3 is 9.84 Å². The van der Waals surface area contributed by atoms with E-state index in [1.165, 1.54) is 5.56 Å². The SMILES string of the molecule is C=C(C(O)CCC1Cc2cc(OC)ccc21)C(F)(F)F. The number of fused-ring (bicyclic) bond motifs is 1. The Kier molecular flexibility index (Phi) is 4.09. The third kappa shape index (κ3) is 2.98. The summed E-state index contributed by atoms with van der Waals surface area (Å²) in [5, 5.41) is 9.51. The molecule has 1 N–H and O–H groups in total. The van der Waals surface area contributed by atoms with Crippen molar-refractivity contribution in [1.82, 2.24) is 0 Å². The molecule has 1 aromatic carbocycles. The summed E-state index contributed by atoms with van der Waals surface area (Å²) in [4.78, 5) is 0. The molecule has 0 bridgehead atoms. The lowest BCUT2D eigenvalue weighted by Gasteiger charge is -2.31. The van der Waals surface area contributed by atoms with E-state index in [9.17, 15) is 18.3 Å². The molecule has 0 saturated carbocycles. The molecule has 20 heavy (non-hydrogen) atoms. The summed E-state index contributed by atoms with van der Waals surface area (Å²) in [6.07, 6.45) is -4.62. The van der Waals surface area contributed by atoms with Crippen LogP contribution in [0.4, 0.5) is 13.2 Å². The van der Waals surface area contributed by atoms with Crippen LogP contribution in [0, 0.1) is 0 Å². The molecule has 0 aliphatic heterocycles. The van der Waals surface area contributed by atoms with Crippen LogP contribution in [0.5, 0.6) is 5.75 Å². The maximum absolute atomic E-state index is 12.4. The number of halogens is 3. The number of hydrogen-bond acceptors (Lipinski definition) is 2. The Hall–Kier alpha value is -1.49. The van der Waals surface area contributed by atoms with Gasteiger partial charge in [0.25, 0.3) is 0 Å². The van der Waals surface area contributed by atoms with Crippen LogP contribution in [0.2, 0.25) is 0 Å². The van der Waals surface area contributed by atoms with Crippen molar-refractivity contribution >= 4 is 0 Å². The maximum Gasteiger partial charge on any atom is 0.414 e. The smallest absolute Gasteiger partial charge is 0.414 e. The molecule has 2 nitrogen and oxygen atoms in total. The van der Waals surface area contributed by atoms with Gasteiger partial charge in [-0.1, -0.05) is 12.6 Å². The Balaban J connectivity index is 1.89. The highest BCUT2D eigenvalue weighted by Crippen LogP contribution is 2.41. The number of aliphatic hydroxyl groups is 1. The maximum atomic E-state index is 12.4. The molecule has 1 aromatic rings. The minimum atomic E-state index is -4.52. The lowest BCUT2D eigenvalue weighted by atomic mass is 9.74. The predicted octanol–water partition coefficient (Wildman–Crippen LogP) is 3.59. The van der Waals surface area contributed by atoms with E-state index in [-0.39, 0.29) is 12.3 Å². The second-order valence-corrected chi connectivity index (χ2v) is 5.08. The lowest BCUT2D eigenvalue weighted by Crippen LogP contribution is -2.25. The van der Waals surface area contributed by atoms with Crippen LogP contribution in [0.3, 0.4) is 0 Å². The summed E-state index contributed by atoms with van der Waals surface area (Å²) in [5.74, 6) is 0.999. The Morgan fingerprint density at radius 1 is 1.50 bits per heavy atom. The second-order valence-electron chi connectivity index (χ2n) is 5.08.